The smallest absolute Gasteiger partial charge is 0.119 e. The van der Waals surface area contributed by atoms with Gasteiger partial charge in [-0.05, 0) is 119 Å². The molecule has 0 spiro atoms. The number of hydrogen-bond donors (Lipinski definition) is 0. The highest BCUT2D eigenvalue weighted by Gasteiger charge is 2.28. The Kier molecular flexibility index (Phi) is 24.2. The number of fused-ring (bicyclic) bond motifs is 4. The first-order valence-corrected chi connectivity index (χ1v) is 28.3. The number of nitrogens with zero attached hydrogens (tertiary/aromatic N) is 8. The van der Waals surface area contributed by atoms with Crippen molar-refractivity contribution in [1.82, 2.24) is 0 Å². The third-order valence-electron chi connectivity index (χ3n) is 14.1. The summed E-state index contributed by atoms with van der Waals surface area (Å²) in [5.74, 6) is 3.30. The lowest BCUT2D eigenvalue weighted by Gasteiger charge is -2.23. The molecule has 4 aromatic carbocycles. The van der Waals surface area contributed by atoms with Crippen molar-refractivity contribution in [2.75, 3.05) is 137 Å². The molecule has 4 aromatic rings. The summed E-state index contributed by atoms with van der Waals surface area (Å²) in [6, 6.07) is 33.4. The Morgan fingerprint density at radius 1 is 0.262 bits per heavy atom. The molecule has 5 aliphatic heterocycles. The summed E-state index contributed by atoms with van der Waals surface area (Å²) in [4.78, 5) is 22.1. The van der Waals surface area contributed by atoms with Crippen LogP contribution in [-0.2, 0) is 0 Å². The van der Waals surface area contributed by atoms with Gasteiger partial charge in [-0.2, -0.15) is 0 Å². The van der Waals surface area contributed by atoms with Crippen molar-refractivity contribution in [3.63, 3.8) is 0 Å². The highest BCUT2D eigenvalue weighted by atomic mass is 35.5. The highest BCUT2D eigenvalue weighted by molar-refractivity contribution is 6.39. The monoisotopic (exact) mass is 1220 g/mol. The molecule has 0 aromatic heterocycles. The summed E-state index contributed by atoms with van der Waals surface area (Å²) < 4.78 is 28.7. The summed E-state index contributed by atoms with van der Waals surface area (Å²) in [5, 5.41) is 0. The van der Waals surface area contributed by atoms with E-state index in [0.29, 0.717) is 26.4 Å². The number of allylic oxidation sites excluding steroid dienone is 12. The van der Waals surface area contributed by atoms with Crippen molar-refractivity contribution < 1.29 is 86.5 Å². The predicted molar refractivity (Wildman–Crippen MR) is 332 cm³/mol. The average Bonchev–Trinajstić information content (AvgIpc) is 3.70. The maximum absolute atomic E-state index is 6.28. The number of benzene rings is 4. The van der Waals surface area contributed by atoms with Gasteiger partial charge in [0.1, 0.15) is 23.0 Å². The molecule has 84 heavy (non-hydrogen) atoms. The molecule has 9 rings (SSSR count). The van der Waals surface area contributed by atoms with Crippen LogP contribution in [-0.4, -0.2) is 178 Å². The molecule has 0 fully saturated rings. The summed E-state index contributed by atoms with van der Waals surface area (Å²) in [5.41, 5.74) is 13.9. The Hall–Kier alpha value is -6.32. The topological polar surface area (TPSA) is 86.4 Å². The van der Waals surface area contributed by atoms with Gasteiger partial charge in [-0.15, -0.1) is 0 Å². The van der Waals surface area contributed by atoms with Crippen LogP contribution in [0.25, 0.3) is 22.3 Å². The standard InChI is InChI=1S/C68H84N8O4.4ClH/c1-73(2,3)41-13-45-77-53-25-17-49(18-26-53)65-57-33-35-59(69-57)66(50-19-27-54(28-20-50)78-46-14-42-74(4,5)6)61-37-39-63(71-61)68(52-23-31-56(32-24-52)80-48-16-44-76(10,11)12)64-40-38-62(72-64)67(60-36-34-58(65)70-60)51-21-29-55(30-22-51)79-47-15-43-75(7,8)9;;;;/h17-40H,13-16,41-48H2,1-12H3;4*1H/q+4;;;;/p-4. The van der Waals surface area contributed by atoms with Gasteiger partial charge in [0.15, 0.2) is 0 Å². The molecule has 0 radical (unpaired) electrons. The van der Waals surface area contributed by atoms with Crippen molar-refractivity contribution in [1.29, 1.82) is 0 Å². The van der Waals surface area contributed by atoms with Gasteiger partial charge in [-0.1, -0.05) is 48.5 Å². The third-order valence-corrected chi connectivity index (χ3v) is 14.1. The molecule has 0 saturated heterocycles. The summed E-state index contributed by atoms with van der Waals surface area (Å²) in [6.07, 6.45) is 20.7. The first kappa shape index (κ1) is 68.5. The molecule has 5 heterocycles. The Labute approximate surface area is 525 Å². The first-order valence-electron chi connectivity index (χ1n) is 28.3. The molecular weight excluding hydrogens is 1130 g/mol. The van der Waals surface area contributed by atoms with Gasteiger partial charge in [0, 0.05) is 48.0 Å². The van der Waals surface area contributed by atoms with Gasteiger partial charge in [0.25, 0.3) is 0 Å². The van der Waals surface area contributed by atoms with E-state index in [0.717, 1.165) is 183 Å². The fourth-order valence-corrected chi connectivity index (χ4v) is 10.1. The minimum atomic E-state index is 0. The molecule has 5 aliphatic rings. The Morgan fingerprint density at radius 3 is 0.607 bits per heavy atom. The van der Waals surface area contributed by atoms with Crippen LogP contribution in [0.1, 0.15) is 47.9 Å². The van der Waals surface area contributed by atoms with E-state index < -0.39 is 0 Å². The van der Waals surface area contributed by atoms with Crippen molar-refractivity contribution in [2.45, 2.75) is 25.7 Å². The molecule has 16 heteroatoms. The van der Waals surface area contributed by atoms with Crippen LogP contribution in [0.3, 0.4) is 0 Å². The average molecular weight is 1220 g/mol. The number of aliphatic imine (C=N–C) groups is 4. The maximum Gasteiger partial charge on any atom is 0.119 e. The number of hydrogen-bond acceptors (Lipinski definition) is 8. The molecule has 0 saturated carbocycles. The molecule has 0 aliphatic carbocycles. The Bertz CT molecular complexity index is 2870. The highest BCUT2D eigenvalue weighted by Crippen LogP contribution is 2.40. The van der Waals surface area contributed by atoms with E-state index in [1.54, 1.807) is 0 Å². The van der Waals surface area contributed by atoms with Crippen molar-refractivity contribution in [2.24, 2.45) is 20.0 Å². The molecule has 8 bridgehead atoms. The minimum absolute atomic E-state index is 0. The van der Waals surface area contributed by atoms with Gasteiger partial charge in [0.2, 0.25) is 0 Å². The molecular formula is C68H84Cl4N8O4. The van der Waals surface area contributed by atoms with E-state index in [-0.39, 0.29) is 49.6 Å². The van der Waals surface area contributed by atoms with Crippen LogP contribution in [0.4, 0.5) is 0 Å². The van der Waals surface area contributed by atoms with E-state index in [4.69, 9.17) is 38.9 Å². The second-order valence-corrected chi connectivity index (χ2v) is 25.3. The van der Waals surface area contributed by atoms with E-state index in [1.165, 1.54) is 0 Å². The Morgan fingerprint density at radius 2 is 0.440 bits per heavy atom. The lowest BCUT2D eigenvalue weighted by Crippen LogP contribution is -3.00. The normalized spacial score (nSPS) is 15.5. The van der Waals surface area contributed by atoms with Gasteiger partial charge in [-0.3, -0.25) is 0 Å². The molecule has 448 valence electrons. The molecule has 0 N–H and O–H groups in total. The third kappa shape index (κ3) is 18.8. The van der Waals surface area contributed by atoms with Crippen molar-refractivity contribution >= 4 is 45.1 Å². The molecule has 12 nitrogen and oxygen atoms in total. The minimum Gasteiger partial charge on any atom is -1.00 e. The zero-order valence-electron chi connectivity index (χ0n) is 51.1. The quantitative estimate of drug-likeness (QED) is 0.0708. The van der Waals surface area contributed by atoms with Crippen LogP contribution in [0.15, 0.2) is 188 Å². The lowest BCUT2D eigenvalue weighted by atomic mass is 9.98. The summed E-state index contributed by atoms with van der Waals surface area (Å²) in [6.45, 7) is 6.68. The van der Waals surface area contributed by atoms with Crippen molar-refractivity contribution in [3.05, 3.63) is 191 Å². The largest absolute Gasteiger partial charge is 1.00 e. The molecule has 0 atom stereocenters. The van der Waals surface area contributed by atoms with Gasteiger partial charge < -0.3 is 86.5 Å². The molecule has 0 unspecified atom stereocenters. The zero-order chi connectivity index (χ0) is 56.7. The SMILES string of the molecule is C[N+](C)(C)CCCOc1ccc(C2=C3C=CC(=N3)C(c3ccc(OCCC[N+](C)(C)C)cc3)=C3C=CC(=N3)C(c3ccc(OCCC[N+](C)(C)C)cc3)=C3C=CC(=N3)C(c3ccc(OCCC[N+](C)(C)C)cc3)=C3C=CC2=N3)cc1.[Cl-].[Cl-].[Cl-].[Cl-]. The first-order chi connectivity index (χ1) is 38.1. The molecule has 0 amide bonds. The maximum atomic E-state index is 6.28. The summed E-state index contributed by atoms with van der Waals surface area (Å²) >= 11 is 0. The number of rotatable bonds is 24. The summed E-state index contributed by atoms with van der Waals surface area (Å²) in [7, 11) is 26.5. The predicted octanol–water partition coefficient (Wildman–Crippen LogP) is -0.395. The van der Waals surface area contributed by atoms with Gasteiger partial charge in [0.05, 0.1) is 183 Å². The van der Waals surface area contributed by atoms with Crippen LogP contribution in [0.2, 0.25) is 0 Å². The lowest BCUT2D eigenvalue weighted by molar-refractivity contribution is -0.870. The fourth-order valence-electron chi connectivity index (χ4n) is 10.1. The second-order valence-electron chi connectivity index (χ2n) is 25.3. The van der Waals surface area contributed by atoms with Gasteiger partial charge in [-0.25, -0.2) is 20.0 Å². The van der Waals surface area contributed by atoms with Crippen LogP contribution in [0.5, 0.6) is 23.0 Å². The second kappa shape index (κ2) is 29.7. The Balaban J connectivity index is 0.00000323. The van der Waals surface area contributed by atoms with E-state index >= 15 is 0 Å². The number of halogens is 4. The number of quaternary nitrogens is 4. The van der Waals surface area contributed by atoms with Crippen LogP contribution >= 0.6 is 0 Å². The van der Waals surface area contributed by atoms with Crippen LogP contribution < -0.4 is 68.6 Å². The number of ether oxygens (including phenoxy) is 4. The fraction of sp³-hybridized carbons (Fsp3) is 0.353. The van der Waals surface area contributed by atoms with E-state index in [9.17, 15) is 0 Å². The van der Waals surface area contributed by atoms with E-state index in [1.807, 2.05) is 0 Å². The zero-order valence-corrected chi connectivity index (χ0v) is 54.1. The van der Waals surface area contributed by atoms with Crippen LogP contribution in [0, 0.1) is 0 Å². The van der Waals surface area contributed by atoms with Gasteiger partial charge >= 0.3 is 0 Å². The van der Waals surface area contributed by atoms with E-state index in [2.05, 4.69) is 230 Å². The van der Waals surface area contributed by atoms with Crippen molar-refractivity contribution in [3.8, 4) is 23.0 Å².